The van der Waals surface area contributed by atoms with Gasteiger partial charge >= 0.3 is 0 Å². The van der Waals surface area contributed by atoms with Gasteiger partial charge in [-0.25, -0.2) is 0 Å². The van der Waals surface area contributed by atoms with Gasteiger partial charge in [-0.05, 0) is 141 Å². The van der Waals surface area contributed by atoms with Gasteiger partial charge < -0.3 is 14.7 Å². The van der Waals surface area contributed by atoms with E-state index in [2.05, 4.69) is 439 Å². The molecule has 0 saturated carbocycles. The maximum atomic E-state index is 2.69. The molecule has 102 heavy (non-hydrogen) atoms. The Kier molecular flexibility index (Phi) is 16.1. The first-order valence-electron chi connectivity index (χ1n) is 35.3. The molecule has 0 bridgehead atoms. The van der Waals surface area contributed by atoms with E-state index in [4.69, 9.17) is 0 Å². The quantitative estimate of drug-likeness (QED) is 0.0705. The summed E-state index contributed by atoms with van der Waals surface area (Å²) in [5.41, 5.74) is 20.3. The monoisotopic (exact) mass is 1330 g/mol. The van der Waals surface area contributed by atoms with Crippen molar-refractivity contribution in [1.82, 2.24) is 0 Å². The van der Waals surface area contributed by atoms with Crippen LogP contribution in [0.15, 0.2) is 425 Å². The fourth-order valence-electron chi connectivity index (χ4n) is 16.8. The summed E-state index contributed by atoms with van der Waals surface area (Å²) >= 11 is 0. The molecular weight excluding hydrogens is 1260 g/mol. The molecule has 0 saturated heterocycles. The molecule has 6 heteroatoms. The van der Waals surface area contributed by atoms with E-state index in [0.29, 0.717) is 0 Å². The summed E-state index contributed by atoms with van der Waals surface area (Å²) in [6.07, 6.45) is 0. The van der Waals surface area contributed by atoms with Crippen molar-refractivity contribution in [3.05, 3.63) is 425 Å². The molecule has 0 radical (unpaired) electrons. The molecule has 18 rings (SSSR count). The summed E-state index contributed by atoms with van der Waals surface area (Å²) in [6.45, 7) is -0.234. The van der Waals surface area contributed by atoms with Crippen molar-refractivity contribution in [2.75, 3.05) is 14.7 Å². The van der Waals surface area contributed by atoms with Crippen LogP contribution in [0.4, 0.5) is 51.2 Å². The van der Waals surface area contributed by atoms with Crippen molar-refractivity contribution in [3.63, 3.8) is 0 Å². The first-order valence-corrected chi connectivity index (χ1v) is 39.3. The Labute approximate surface area is 600 Å². The number of rotatable bonds is 16. The van der Waals surface area contributed by atoms with Crippen LogP contribution in [0.25, 0.3) is 33.4 Å². The minimum Gasteiger partial charge on any atom is -0.311 e. The van der Waals surface area contributed by atoms with Gasteiger partial charge in [-0.2, -0.15) is 0 Å². The third-order valence-corrected chi connectivity index (χ3v) is 30.7. The van der Waals surface area contributed by atoms with Gasteiger partial charge in [0, 0.05) is 45.3 Å². The van der Waals surface area contributed by atoms with Crippen LogP contribution in [0.3, 0.4) is 0 Å². The number of para-hydroxylation sites is 3. The van der Waals surface area contributed by atoms with E-state index in [1.807, 2.05) is 0 Å². The zero-order valence-corrected chi connectivity index (χ0v) is 58.3. The summed E-state index contributed by atoms with van der Waals surface area (Å²) in [5, 5.41) is 10.5. The minimum atomic E-state index is -3.19. The molecule has 16 aromatic carbocycles. The molecule has 0 N–H and O–H groups in total. The van der Waals surface area contributed by atoms with Gasteiger partial charge in [-0.1, -0.05) is 364 Å². The van der Waals surface area contributed by atoms with Crippen LogP contribution < -0.4 is 72.6 Å². The summed E-state index contributed by atoms with van der Waals surface area (Å²) in [4.78, 5) is 7.83. The lowest BCUT2D eigenvalue weighted by atomic mass is 9.33. The second-order valence-electron chi connectivity index (χ2n) is 26.6. The molecule has 2 heterocycles. The van der Waals surface area contributed by atoms with Crippen LogP contribution >= 0.6 is 0 Å². The van der Waals surface area contributed by atoms with Gasteiger partial charge in [-0.15, -0.1) is 0 Å². The number of benzene rings is 16. The summed E-state index contributed by atoms with van der Waals surface area (Å²) < 4.78 is 0. The molecule has 0 atom stereocenters. The molecule has 16 aromatic rings. The highest BCUT2D eigenvalue weighted by Crippen LogP contribution is 2.51. The van der Waals surface area contributed by atoms with Crippen molar-refractivity contribution in [3.8, 4) is 33.4 Å². The Morgan fingerprint density at radius 2 is 0.588 bits per heavy atom. The number of nitrogens with zero attached hydrogens (tertiary/aromatic N) is 3. The SMILES string of the molecule is c1ccc(-c2ccc3c(c2)N(c2ccccc2-c2ccccc2)c2cc(N(c4ccccc4)c4ccccc4-c4ccccc4)cc4c2B3c2ccc([Si](c3ccccc3)(c3ccccc3)c3ccccc3)cc2N4c2cccc([Si](c3ccccc3)(c3ccccc3)c3ccccc3)c2)cc1. The lowest BCUT2D eigenvalue weighted by Crippen LogP contribution is -2.75. The van der Waals surface area contributed by atoms with Crippen LogP contribution in [0.1, 0.15) is 0 Å². The third kappa shape index (κ3) is 10.5. The first-order chi connectivity index (χ1) is 50.6. The first kappa shape index (κ1) is 61.7. The van der Waals surface area contributed by atoms with Crippen molar-refractivity contribution < 1.29 is 0 Å². The van der Waals surface area contributed by atoms with E-state index in [0.717, 1.165) is 84.6 Å². The van der Waals surface area contributed by atoms with Crippen LogP contribution in [0.5, 0.6) is 0 Å². The van der Waals surface area contributed by atoms with Crippen LogP contribution in [-0.2, 0) is 0 Å². The molecule has 0 aromatic heterocycles. The summed E-state index contributed by atoms with van der Waals surface area (Å²) in [7, 11) is -6.32. The van der Waals surface area contributed by atoms with E-state index in [1.54, 1.807) is 0 Å². The van der Waals surface area contributed by atoms with Gasteiger partial charge in [0.2, 0.25) is 0 Å². The average molecular weight is 1330 g/mol. The zero-order valence-electron chi connectivity index (χ0n) is 56.3. The Balaban J connectivity index is 1.01. The molecule has 480 valence electrons. The van der Waals surface area contributed by atoms with E-state index in [-0.39, 0.29) is 6.71 Å². The fourth-order valence-corrected chi connectivity index (χ4v) is 26.3. The molecule has 0 fully saturated rings. The van der Waals surface area contributed by atoms with Gasteiger partial charge in [-0.3, -0.25) is 0 Å². The largest absolute Gasteiger partial charge is 0.311 e. The Morgan fingerprint density at radius 1 is 0.216 bits per heavy atom. The van der Waals surface area contributed by atoms with Crippen LogP contribution in [0.2, 0.25) is 0 Å². The maximum Gasteiger partial charge on any atom is 0.252 e. The van der Waals surface area contributed by atoms with Gasteiger partial charge in [0.25, 0.3) is 6.71 Å². The Morgan fingerprint density at radius 3 is 1.09 bits per heavy atom. The topological polar surface area (TPSA) is 9.72 Å². The predicted molar refractivity (Wildman–Crippen MR) is 439 cm³/mol. The Bertz CT molecular complexity index is 5450. The fraction of sp³-hybridized carbons (Fsp3) is 0. The van der Waals surface area contributed by atoms with E-state index >= 15 is 0 Å². The standard InChI is InChI=1S/C96H70BN3Si2/c1-11-36-71(37-12-1)74-62-64-88-92(66-74)100(91-61-34-32-59-87(91)73-40-15-3-16-41-73)95-69-77(98(75-42-17-4-18-43-75)90-60-33-31-58-86(90)72-38-13-2-14-39-72)68-94-96(95)97(88)89-65-63-85(102(81-51-25-8-26-52-81,82-53-27-9-28-54-82)83-55-29-10-30-56-83)70-93(89)99(94)76-44-35-57-84(67-76)101(78-45-19-5-20-46-78,79-47-21-6-22-48-79)80-49-23-7-24-50-80/h1-70H. The smallest absolute Gasteiger partial charge is 0.252 e. The van der Waals surface area contributed by atoms with Crippen molar-refractivity contribution in [2.45, 2.75) is 0 Å². The Hall–Kier alpha value is -12.6. The highest BCUT2D eigenvalue weighted by Gasteiger charge is 2.48. The average Bonchev–Trinajstić information content (AvgIpc) is 0.695. The van der Waals surface area contributed by atoms with Crippen LogP contribution in [0, 0.1) is 0 Å². The van der Waals surface area contributed by atoms with E-state index < -0.39 is 16.1 Å². The molecular formula is C96H70BN3Si2. The second-order valence-corrected chi connectivity index (χ2v) is 34.2. The van der Waals surface area contributed by atoms with Gasteiger partial charge in [0.05, 0.1) is 17.1 Å². The molecule has 0 unspecified atom stereocenters. The minimum absolute atomic E-state index is 0.234. The molecule has 2 aliphatic rings. The lowest BCUT2D eigenvalue weighted by Gasteiger charge is -2.46. The molecule has 0 aliphatic carbocycles. The molecule has 0 spiro atoms. The van der Waals surface area contributed by atoms with Crippen molar-refractivity contribution >= 4 is 132 Å². The zero-order chi connectivity index (χ0) is 67.8. The summed E-state index contributed by atoms with van der Waals surface area (Å²) in [5.74, 6) is 0. The number of hydrogen-bond donors (Lipinski definition) is 0. The maximum absolute atomic E-state index is 3.19. The van der Waals surface area contributed by atoms with Gasteiger partial charge in [0.15, 0.2) is 16.1 Å². The normalized spacial score (nSPS) is 12.3. The van der Waals surface area contributed by atoms with Crippen LogP contribution in [-0.4, -0.2) is 22.9 Å². The highest BCUT2D eigenvalue weighted by atomic mass is 28.3. The van der Waals surface area contributed by atoms with E-state index in [1.165, 1.54) is 57.9 Å². The predicted octanol–water partition coefficient (Wildman–Crippen LogP) is 17.0. The summed E-state index contributed by atoms with van der Waals surface area (Å²) in [6, 6.07) is 160. The lowest BCUT2D eigenvalue weighted by molar-refractivity contribution is 1.23. The number of fused-ring (bicyclic) bond motifs is 4. The van der Waals surface area contributed by atoms with E-state index in [9.17, 15) is 0 Å². The van der Waals surface area contributed by atoms with Gasteiger partial charge in [0.1, 0.15) is 0 Å². The third-order valence-electron chi connectivity index (χ3n) is 21.1. The number of anilines is 9. The molecule has 3 nitrogen and oxygen atoms in total. The van der Waals surface area contributed by atoms with Crippen molar-refractivity contribution in [1.29, 1.82) is 0 Å². The van der Waals surface area contributed by atoms with Crippen molar-refractivity contribution in [2.24, 2.45) is 0 Å². The second kappa shape index (κ2) is 26.6. The molecule has 0 amide bonds. The number of hydrogen-bond acceptors (Lipinski definition) is 3. The molecule has 2 aliphatic heterocycles. The highest BCUT2D eigenvalue weighted by molar-refractivity contribution is 7.20.